The Balaban J connectivity index is 1.43. The van der Waals surface area contributed by atoms with Crippen molar-refractivity contribution in [3.8, 4) is 0 Å². The van der Waals surface area contributed by atoms with Gasteiger partial charge in [-0.25, -0.2) is 0 Å². The molecule has 0 aliphatic carbocycles. The van der Waals surface area contributed by atoms with Crippen LogP contribution in [0.1, 0.15) is 28.3 Å². The van der Waals surface area contributed by atoms with Crippen LogP contribution in [-0.2, 0) is 27.0 Å². The molecule has 0 radical (unpaired) electrons. The van der Waals surface area contributed by atoms with E-state index in [1.165, 1.54) is 12.1 Å². The summed E-state index contributed by atoms with van der Waals surface area (Å²) in [6.07, 6.45) is 0.223. The second-order valence-corrected chi connectivity index (χ2v) is 10.7. The summed E-state index contributed by atoms with van der Waals surface area (Å²) in [7, 11) is 0. The minimum atomic E-state index is -4.65. The van der Waals surface area contributed by atoms with Gasteiger partial charge in [0, 0.05) is 36.1 Å². The minimum Gasteiger partial charge on any atom is -0.480 e. The number of hydrogen-bond acceptors (Lipinski definition) is 4. The molecule has 2 aliphatic heterocycles. The van der Waals surface area contributed by atoms with Crippen molar-refractivity contribution in [2.75, 3.05) is 6.54 Å². The number of carboxylic acids is 1. The van der Waals surface area contributed by atoms with Gasteiger partial charge < -0.3 is 10.1 Å². The number of rotatable bonds is 7. The van der Waals surface area contributed by atoms with E-state index in [-0.39, 0.29) is 18.5 Å². The highest BCUT2D eigenvalue weighted by Gasteiger charge is 2.68. The highest BCUT2D eigenvalue weighted by atomic mass is 19.4. The molecular formula is C32H26F3N3O4. The summed E-state index contributed by atoms with van der Waals surface area (Å²) < 4.78 is 40.9. The van der Waals surface area contributed by atoms with E-state index in [2.05, 4.69) is 10.3 Å². The summed E-state index contributed by atoms with van der Waals surface area (Å²) in [5, 5.41) is 14.4. The van der Waals surface area contributed by atoms with E-state index >= 15 is 0 Å². The lowest BCUT2D eigenvalue weighted by Gasteiger charge is -2.31. The van der Waals surface area contributed by atoms with E-state index in [9.17, 15) is 32.7 Å². The fourth-order valence-corrected chi connectivity index (χ4v) is 6.31. The lowest BCUT2D eigenvalue weighted by molar-refractivity contribution is -0.151. The van der Waals surface area contributed by atoms with Gasteiger partial charge in [0.25, 0.3) is 0 Å². The molecule has 2 saturated heterocycles. The van der Waals surface area contributed by atoms with E-state index in [1.807, 2.05) is 48.5 Å². The van der Waals surface area contributed by atoms with Crippen LogP contribution in [0.25, 0.3) is 17.0 Å². The number of carbonyl (C=O) groups excluding carboxylic acids is 2. The summed E-state index contributed by atoms with van der Waals surface area (Å²) in [5.74, 6) is -5.22. The summed E-state index contributed by atoms with van der Waals surface area (Å²) >= 11 is 0. The van der Waals surface area contributed by atoms with Gasteiger partial charge in [0.15, 0.2) is 0 Å². The number of halogens is 3. The van der Waals surface area contributed by atoms with Gasteiger partial charge in [-0.2, -0.15) is 13.2 Å². The molecule has 3 heterocycles. The van der Waals surface area contributed by atoms with E-state index in [1.54, 1.807) is 24.4 Å². The molecule has 214 valence electrons. The van der Waals surface area contributed by atoms with E-state index < -0.39 is 52.9 Å². The van der Waals surface area contributed by atoms with Gasteiger partial charge >= 0.3 is 12.1 Å². The first-order chi connectivity index (χ1) is 20.1. The molecule has 7 nitrogen and oxygen atoms in total. The number of hydrogen-bond donors (Lipinski definition) is 3. The number of likely N-dealkylation sites (tertiary alicyclic amines) is 1. The van der Waals surface area contributed by atoms with Crippen LogP contribution >= 0.6 is 0 Å². The third kappa shape index (κ3) is 4.57. The lowest BCUT2D eigenvalue weighted by atomic mass is 9.76. The Hall–Kier alpha value is -4.70. The molecule has 3 aromatic carbocycles. The third-order valence-corrected chi connectivity index (χ3v) is 8.24. The molecule has 4 unspecified atom stereocenters. The Bertz CT molecular complexity index is 1710. The number of imide groups is 1. The number of alkyl halides is 3. The van der Waals surface area contributed by atoms with Gasteiger partial charge in [-0.1, -0.05) is 72.8 Å². The Kier molecular flexibility index (Phi) is 6.73. The number of aromatic amines is 1. The number of H-pyrrole nitrogens is 1. The van der Waals surface area contributed by atoms with Crippen molar-refractivity contribution in [2.24, 2.45) is 11.8 Å². The highest BCUT2D eigenvalue weighted by molar-refractivity contribution is 6.09. The molecule has 42 heavy (non-hydrogen) atoms. The number of aromatic nitrogens is 1. The highest BCUT2D eigenvalue weighted by Crippen LogP contribution is 2.50. The van der Waals surface area contributed by atoms with E-state index in [0.717, 1.165) is 33.5 Å². The van der Waals surface area contributed by atoms with Crippen LogP contribution < -0.4 is 5.32 Å². The fourth-order valence-electron chi connectivity index (χ4n) is 6.31. The Morgan fingerprint density at radius 2 is 1.71 bits per heavy atom. The molecule has 4 aromatic rings. The first-order valence-corrected chi connectivity index (χ1v) is 13.4. The molecule has 2 fully saturated rings. The molecule has 10 heteroatoms. The molecule has 0 bridgehead atoms. The second kappa shape index (κ2) is 10.3. The number of aliphatic carboxylic acids is 1. The minimum absolute atomic E-state index is 0.0877. The van der Waals surface area contributed by atoms with Crippen LogP contribution in [0.4, 0.5) is 13.2 Å². The van der Waals surface area contributed by atoms with Crippen molar-refractivity contribution < 1.29 is 32.7 Å². The maximum absolute atomic E-state index is 13.9. The van der Waals surface area contributed by atoms with Gasteiger partial charge in [0.1, 0.15) is 5.54 Å². The lowest BCUT2D eigenvalue weighted by Crippen LogP contribution is -2.57. The molecule has 6 rings (SSSR count). The zero-order chi connectivity index (χ0) is 29.6. The first-order valence-electron chi connectivity index (χ1n) is 13.4. The van der Waals surface area contributed by atoms with Gasteiger partial charge in [0.05, 0.1) is 17.4 Å². The average Bonchev–Trinajstić information content (AvgIpc) is 3.62. The number of fused-ring (bicyclic) bond motifs is 2. The Labute approximate surface area is 238 Å². The largest absolute Gasteiger partial charge is 0.480 e. The van der Waals surface area contributed by atoms with Crippen LogP contribution in [-0.4, -0.2) is 44.9 Å². The molecule has 2 amide bonds. The summed E-state index contributed by atoms with van der Waals surface area (Å²) in [6, 6.07) is 19.8. The number of para-hydroxylation sites is 1. The average molecular weight is 574 g/mol. The SMILES string of the molecule is O=C1C2C(c3cccc(C(F)(F)F)c3)NC(Cc3c[nH]c4ccccc34)(C(=O)O)C2C(=O)N1CC=Cc1ccccc1. The molecule has 0 spiro atoms. The van der Waals surface area contributed by atoms with Gasteiger partial charge in [-0.3, -0.25) is 24.6 Å². The molecule has 1 aromatic heterocycles. The fraction of sp³-hybridized carbons (Fsp3) is 0.219. The summed E-state index contributed by atoms with van der Waals surface area (Å²) in [5.41, 5.74) is -0.587. The maximum Gasteiger partial charge on any atom is 0.416 e. The van der Waals surface area contributed by atoms with Crippen LogP contribution in [0.15, 0.2) is 91.1 Å². The number of amides is 2. The van der Waals surface area contributed by atoms with E-state index in [0.29, 0.717) is 5.56 Å². The number of nitrogens with zero attached hydrogens (tertiary/aromatic N) is 1. The predicted octanol–water partition coefficient (Wildman–Crippen LogP) is 5.21. The molecule has 3 N–H and O–H groups in total. The Morgan fingerprint density at radius 3 is 2.45 bits per heavy atom. The van der Waals surface area contributed by atoms with Crippen LogP contribution in [0.2, 0.25) is 0 Å². The van der Waals surface area contributed by atoms with Crippen molar-refractivity contribution >= 4 is 34.8 Å². The smallest absolute Gasteiger partial charge is 0.416 e. The molecular weight excluding hydrogens is 547 g/mol. The summed E-state index contributed by atoms with van der Waals surface area (Å²) in [4.78, 5) is 45.0. The van der Waals surface area contributed by atoms with Gasteiger partial charge in [-0.15, -0.1) is 0 Å². The zero-order valence-corrected chi connectivity index (χ0v) is 22.1. The standard InChI is InChI=1S/C32H26F3N3O4/c33-32(34,35)22-12-6-11-20(16-22)27-25-26(29(40)38(28(25)39)15-7-10-19-8-2-1-3-9-19)31(37-27,30(41)42)17-21-18-36-24-14-5-4-13-23(21)24/h1-14,16,18,25-27,36-37H,15,17H2,(H,41,42). The van der Waals surface area contributed by atoms with Crippen LogP contribution in [0, 0.1) is 11.8 Å². The van der Waals surface area contributed by atoms with E-state index in [4.69, 9.17) is 0 Å². The van der Waals surface area contributed by atoms with Gasteiger partial charge in [-0.05, 0) is 34.9 Å². The molecule has 2 aliphatic rings. The topological polar surface area (TPSA) is 102 Å². The first kappa shape index (κ1) is 27.5. The molecule has 0 saturated carbocycles. The van der Waals surface area contributed by atoms with Gasteiger partial charge in [0.2, 0.25) is 11.8 Å². The van der Waals surface area contributed by atoms with Crippen molar-refractivity contribution in [1.29, 1.82) is 0 Å². The van der Waals surface area contributed by atoms with Crippen LogP contribution in [0.3, 0.4) is 0 Å². The second-order valence-electron chi connectivity index (χ2n) is 10.7. The zero-order valence-electron chi connectivity index (χ0n) is 22.1. The van der Waals surface area contributed by atoms with Crippen molar-refractivity contribution in [3.05, 3.63) is 113 Å². The normalized spacial score (nSPS) is 24.2. The summed E-state index contributed by atoms with van der Waals surface area (Å²) in [6.45, 7) is -0.0995. The number of carboxylic acid groups (broad SMARTS) is 1. The number of nitrogens with one attached hydrogen (secondary N) is 2. The molecule has 4 atom stereocenters. The predicted molar refractivity (Wildman–Crippen MR) is 149 cm³/mol. The maximum atomic E-state index is 13.9. The number of carbonyl (C=O) groups is 3. The van der Waals surface area contributed by atoms with Crippen molar-refractivity contribution in [3.63, 3.8) is 0 Å². The van der Waals surface area contributed by atoms with Crippen LogP contribution in [0.5, 0.6) is 0 Å². The number of benzene rings is 3. The Morgan fingerprint density at radius 1 is 0.976 bits per heavy atom. The van der Waals surface area contributed by atoms with Crippen molar-refractivity contribution in [2.45, 2.75) is 24.2 Å². The monoisotopic (exact) mass is 573 g/mol. The quantitative estimate of drug-likeness (QED) is 0.264. The third-order valence-electron chi connectivity index (χ3n) is 8.24. The van der Waals surface area contributed by atoms with Crippen molar-refractivity contribution in [1.82, 2.24) is 15.2 Å².